The Morgan fingerprint density at radius 2 is 2.16 bits per heavy atom. The van der Waals surface area contributed by atoms with E-state index in [0.717, 1.165) is 10.7 Å². The Hall–Kier alpha value is -1.68. The number of aromatic nitrogens is 3. The normalized spacial score (nSPS) is 11.5. The third-order valence-corrected chi connectivity index (χ3v) is 4.51. The Kier molecular flexibility index (Phi) is 3.45. The van der Waals surface area contributed by atoms with Crippen molar-refractivity contribution in [2.75, 3.05) is 10.5 Å². The van der Waals surface area contributed by atoms with Gasteiger partial charge in [0.2, 0.25) is 5.03 Å². The van der Waals surface area contributed by atoms with Crippen LogP contribution >= 0.6 is 15.9 Å². The predicted octanol–water partition coefficient (Wildman–Crippen LogP) is 1.10. The van der Waals surface area contributed by atoms with E-state index in [2.05, 4.69) is 31.0 Å². The third kappa shape index (κ3) is 2.68. The summed E-state index contributed by atoms with van der Waals surface area (Å²) in [6, 6.07) is 3.61. The molecule has 102 valence electrons. The molecular weight excluding hydrogens is 341 g/mol. The molecule has 2 aromatic rings. The molecule has 0 atom stereocenters. The highest BCUT2D eigenvalue weighted by Crippen LogP contribution is 2.23. The average molecular weight is 350 g/mol. The number of nitrogens with two attached hydrogens (primary N) is 1. The molecular formula is C9H9BrFN5O2S. The summed E-state index contributed by atoms with van der Waals surface area (Å²) < 4.78 is 40.8. The first-order chi connectivity index (χ1) is 8.81. The van der Waals surface area contributed by atoms with Gasteiger partial charge in [0.15, 0.2) is 4.60 Å². The summed E-state index contributed by atoms with van der Waals surface area (Å²) in [5, 5.41) is 6.97. The fourth-order valence-corrected chi connectivity index (χ4v) is 3.55. The Labute approximate surface area is 116 Å². The molecule has 0 fully saturated rings. The lowest BCUT2D eigenvalue weighted by atomic mass is 10.3. The van der Waals surface area contributed by atoms with E-state index in [1.165, 1.54) is 19.2 Å². The van der Waals surface area contributed by atoms with Gasteiger partial charge in [-0.1, -0.05) is 5.21 Å². The standard InChI is InChI=1S/C9H9BrFN5O2S/c1-16-9(8(10)13-15-16)19(17,18)14-5-2-3-7(12)6(11)4-5/h2-4,14H,12H2,1H3. The Morgan fingerprint density at radius 1 is 1.47 bits per heavy atom. The second kappa shape index (κ2) is 4.78. The van der Waals surface area contributed by atoms with Crippen molar-refractivity contribution in [2.24, 2.45) is 7.05 Å². The van der Waals surface area contributed by atoms with Crippen molar-refractivity contribution < 1.29 is 12.8 Å². The van der Waals surface area contributed by atoms with Gasteiger partial charge in [0.25, 0.3) is 10.0 Å². The first-order valence-electron chi connectivity index (χ1n) is 4.94. The first-order valence-corrected chi connectivity index (χ1v) is 7.22. The number of aryl methyl sites for hydroxylation is 1. The van der Waals surface area contributed by atoms with Gasteiger partial charge in [0.05, 0.1) is 11.4 Å². The van der Waals surface area contributed by atoms with Crippen molar-refractivity contribution in [3.05, 3.63) is 28.6 Å². The van der Waals surface area contributed by atoms with Crippen LogP contribution in [0.4, 0.5) is 15.8 Å². The molecule has 3 N–H and O–H groups in total. The number of rotatable bonds is 3. The van der Waals surface area contributed by atoms with Crippen molar-refractivity contribution in [1.29, 1.82) is 0 Å². The van der Waals surface area contributed by atoms with Crippen molar-refractivity contribution in [3.63, 3.8) is 0 Å². The smallest absolute Gasteiger partial charge is 0.281 e. The Balaban J connectivity index is 2.39. The van der Waals surface area contributed by atoms with Crippen molar-refractivity contribution >= 4 is 37.3 Å². The van der Waals surface area contributed by atoms with E-state index in [4.69, 9.17) is 5.73 Å². The molecule has 0 aliphatic carbocycles. The fraction of sp³-hybridized carbons (Fsp3) is 0.111. The molecule has 0 aliphatic rings. The lowest BCUT2D eigenvalue weighted by Crippen LogP contribution is -2.17. The van der Waals surface area contributed by atoms with Crippen LogP contribution < -0.4 is 10.5 Å². The Bertz CT molecular complexity index is 711. The van der Waals surface area contributed by atoms with Crippen LogP contribution in [0.25, 0.3) is 0 Å². The second-order valence-electron chi connectivity index (χ2n) is 3.65. The van der Waals surface area contributed by atoms with E-state index < -0.39 is 15.8 Å². The lowest BCUT2D eigenvalue weighted by molar-refractivity contribution is 0.578. The zero-order valence-electron chi connectivity index (χ0n) is 9.63. The summed E-state index contributed by atoms with van der Waals surface area (Å²) >= 11 is 2.98. The topological polar surface area (TPSA) is 103 Å². The molecule has 0 aliphatic heterocycles. The van der Waals surface area contributed by atoms with E-state index in [9.17, 15) is 12.8 Å². The van der Waals surface area contributed by atoms with Gasteiger partial charge in [-0.2, -0.15) is 8.42 Å². The summed E-state index contributed by atoms with van der Waals surface area (Å²) in [6.45, 7) is 0. The maximum atomic E-state index is 13.3. The molecule has 10 heteroatoms. The minimum absolute atomic E-state index is 0.0554. The first kappa shape index (κ1) is 13.7. The summed E-state index contributed by atoms with van der Waals surface area (Å²) in [4.78, 5) is 0. The molecule has 0 saturated carbocycles. The summed E-state index contributed by atoms with van der Waals surface area (Å²) in [5.41, 5.74) is 5.30. The predicted molar refractivity (Wildman–Crippen MR) is 70.3 cm³/mol. The largest absolute Gasteiger partial charge is 0.396 e. The quantitative estimate of drug-likeness (QED) is 0.807. The van der Waals surface area contributed by atoms with Gasteiger partial charge in [-0.05, 0) is 28.1 Å². The minimum atomic E-state index is -3.93. The van der Waals surface area contributed by atoms with Gasteiger partial charge < -0.3 is 5.73 Å². The highest BCUT2D eigenvalue weighted by molar-refractivity contribution is 9.10. The van der Waals surface area contributed by atoms with Gasteiger partial charge in [-0.3, -0.25) is 4.72 Å². The van der Waals surface area contributed by atoms with Crippen LogP contribution in [-0.2, 0) is 17.1 Å². The third-order valence-electron chi connectivity index (χ3n) is 2.24. The van der Waals surface area contributed by atoms with Crippen LogP contribution in [0.2, 0.25) is 0 Å². The van der Waals surface area contributed by atoms with Gasteiger partial charge in [-0.25, -0.2) is 9.07 Å². The van der Waals surface area contributed by atoms with Crippen LogP contribution in [0.15, 0.2) is 27.8 Å². The number of sulfonamides is 1. The zero-order chi connectivity index (χ0) is 14.2. The number of anilines is 2. The number of halogens is 2. The molecule has 0 saturated heterocycles. The fourth-order valence-electron chi connectivity index (χ4n) is 1.40. The van der Waals surface area contributed by atoms with E-state index in [1.54, 1.807) is 0 Å². The number of nitrogens with one attached hydrogen (secondary N) is 1. The van der Waals surface area contributed by atoms with E-state index in [1.807, 2.05) is 0 Å². The summed E-state index contributed by atoms with van der Waals surface area (Å²) in [6.07, 6.45) is 0. The zero-order valence-corrected chi connectivity index (χ0v) is 12.0. The second-order valence-corrected chi connectivity index (χ2v) is 6.00. The number of hydrogen-bond acceptors (Lipinski definition) is 5. The molecule has 1 heterocycles. The molecule has 0 bridgehead atoms. The Morgan fingerprint density at radius 3 is 2.68 bits per heavy atom. The highest BCUT2D eigenvalue weighted by atomic mass is 79.9. The van der Waals surface area contributed by atoms with Crippen LogP contribution in [0.1, 0.15) is 0 Å². The lowest BCUT2D eigenvalue weighted by Gasteiger charge is -2.08. The van der Waals surface area contributed by atoms with Crippen LogP contribution in [0, 0.1) is 5.82 Å². The van der Waals surface area contributed by atoms with E-state index in [-0.39, 0.29) is 21.0 Å². The van der Waals surface area contributed by atoms with Crippen LogP contribution in [0.3, 0.4) is 0 Å². The van der Waals surface area contributed by atoms with Gasteiger partial charge in [-0.15, -0.1) is 5.10 Å². The molecule has 0 radical (unpaired) electrons. The van der Waals surface area contributed by atoms with Crippen LogP contribution in [0.5, 0.6) is 0 Å². The average Bonchev–Trinajstić information content (AvgIpc) is 2.64. The SMILES string of the molecule is Cn1nnc(Br)c1S(=O)(=O)Nc1ccc(N)c(F)c1. The molecule has 0 unspecified atom stereocenters. The summed E-state index contributed by atoms with van der Waals surface area (Å²) in [7, 11) is -2.50. The maximum Gasteiger partial charge on any atom is 0.281 e. The van der Waals surface area contributed by atoms with Crippen molar-refractivity contribution in [2.45, 2.75) is 5.03 Å². The van der Waals surface area contributed by atoms with Crippen molar-refractivity contribution in [3.8, 4) is 0 Å². The molecule has 19 heavy (non-hydrogen) atoms. The molecule has 0 spiro atoms. The van der Waals surface area contributed by atoms with E-state index in [0.29, 0.717) is 0 Å². The minimum Gasteiger partial charge on any atom is -0.396 e. The van der Waals surface area contributed by atoms with Gasteiger partial charge >= 0.3 is 0 Å². The molecule has 7 nitrogen and oxygen atoms in total. The number of nitrogen functional groups attached to an aromatic ring is 1. The van der Waals surface area contributed by atoms with Gasteiger partial charge in [0, 0.05) is 13.1 Å². The van der Waals surface area contributed by atoms with Crippen LogP contribution in [-0.4, -0.2) is 23.4 Å². The highest BCUT2D eigenvalue weighted by Gasteiger charge is 2.24. The van der Waals surface area contributed by atoms with E-state index >= 15 is 0 Å². The number of hydrogen-bond donors (Lipinski definition) is 2. The molecule has 1 aromatic heterocycles. The molecule has 1 aromatic carbocycles. The van der Waals surface area contributed by atoms with Gasteiger partial charge in [0.1, 0.15) is 5.82 Å². The van der Waals surface area contributed by atoms with Crippen molar-refractivity contribution in [1.82, 2.24) is 15.0 Å². The maximum absolute atomic E-state index is 13.3. The molecule has 2 rings (SSSR count). The summed E-state index contributed by atoms with van der Waals surface area (Å²) in [5.74, 6) is -0.706. The number of nitrogens with zero attached hydrogens (tertiary/aromatic N) is 3. The number of benzene rings is 1. The monoisotopic (exact) mass is 349 g/mol. The molecule has 0 amide bonds.